The molecule has 11 heavy (non-hydrogen) atoms. The number of amides is 1. The molecule has 1 atom stereocenters. The molecular weight excluding hydrogens is 146 g/mol. The minimum Gasteiger partial charge on any atom is -0.509 e. The topological polar surface area (TPSA) is 66.4 Å². The Kier molecular flexibility index (Phi) is 1.68. The fourth-order valence-corrected chi connectivity index (χ4v) is 1.01. The maximum absolute atomic E-state index is 10.9. The highest BCUT2D eigenvalue weighted by Crippen LogP contribution is 2.14. The molecule has 4 heteroatoms. The third kappa shape index (κ3) is 1.11. The van der Waals surface area contributed by atoms with E-state index in [1.807, 2.05) is 0 Å². The summed E-state index contributed by atoms with van der Waals surface area (Å²) in [6, 6.07) is -0.429. The summed E-state index contributed by atoms with van der Waals surface area (Å²) in [4.78, 5) is 21.6. The second-order valence-corrected chi connectivity index (χ2v) is 2.51. The maximum Gasteiger partial charge on any atom is 0.258 e. The van der Waals surface area contributed by atoms with Gasteiger partial charge in [-0.2, -0.15) is 0 Å². The zero-order valence-corrected chi connectivity index (χ0v) is 6.34. The molecule has 0 aromatic rings. The zero-order valence-electron chi connectivity index (χ0n) is 6.34. The molecule has 2 N–H and O–H groups in total. The fourth-order valence-electron chi connectivity index (χ4n) is 1.01. The number of carbonyl (C=O) groups is 2. The third-order valence-corrected chi connectivity index (χ3v) is 1.59. The van der Waals surface area contributed by atoms with E-state index in [0.717, 1.165) is 0 Å². The van der Waals surface area contributed by atoms with Crippen LogP contribution in [0.15, 0.2) is 11.3 Å². The highest BCUT2D eigenvalue weighted by atomic mass is 16.3. The zero-order chi connectivity index (χ0) is 8.59. The molecule has 0 radical (unpaired) electrons. The Morgan fingerprint density at radius 1 is 1.64 bits per heavy atom. The lowest BCUT2D eigenvalue weighted by Crippen LogP contribution is -2.26. The van der Waals surface area contributed by atoms with Gasteiger partial charge < -0.3 is 10.4 Å². The molecule has 0 bridgehead atoms. The Hall–Kier alpha value is -1.32. The van der Waals surface area contributed by atoms with Crippen LogP contribution in [0.1, 0.15) is 13.8 Å². The van der Waals surface area contributed by atoms with Crippen molar-refractivity contribution in [2.24, 2.45) is 0 Å². The van der Waals surface area contributed by atoms with E-state index in [1.165, 1.54) is 6.92 Å². The van der Waals surface area contributed by atoms with Crippen LogP contribution in [-0.4, -0.2) is 22.8 Å². The molecule has 0 saturated heterocycles. The summed E-state index contributed by atoms with van der Waals surface area (Å²) < 4.78 is 0. The van der Waals surface area contributed by atoms with E-state index >= 15 is 0 Å². The average Bonchev–Trinajstić information content (AvgIpc) is 2.07. The number of hydrogen-bond donors (Lipinski definition) is 2. The first-order valence-corrected chi connectivity index (χ1v) is 3.29. The first-order valence-electron chi connectivity index (χ1n) is 3.29. The van der Waals surface area contributed by atoms with E-state index < -0.39 is 17.7 Å². The van der Waals surface area contributed by atoms with Gasteiger partial charge in [-0.3, -0.25) is 9.59 Å². The van der Waals surface area contributed by atoms with Crippen LogP contribution < -0.4 is 5.32 Å². The van der Waals surface area contributed by atoms with Crippen molar-refractivity contribution in [3.63, 3.8) is 0 Å². The number of hydrogen-bond acceptors (Lipinski definition) is 3. The third-order valence-electron chi connectivity index (χ3n) is 1.59. The molecule has 0 spiro atoms. The highest BCUT2D eigenvalue weighted by molar-refractivity contribution is 6.20. The molecule has 0 aromatic heterocycles. The number of aliphatic hydroxyl groups excluding tert-OH is 1. The summed E-state index contributed by atoms with van der Waals surface area (Å²) in [6.45, 7) is 2.87. The van der Waals surface area contributed by atoms with Gasteiger partial charge in [0.15, 0.2) is 5.78 Å². The molecule has 1 aliphatic heterocycles. The molecule has 0 saturated carbocycles. The van der Waals surface area contributed by atoms with Gasteiger partial charge in [-0.05, 0) is 13.8 Å². The van der Waals surface area contributed by atoms with Crippen molar-refractivity contribution >= 4 is 11.7 Å². The molecule has 0 unspecified atom stereocenters. The highest BCUT2D eigenvalue weighted by Gasteiger charge is 2.30. The number of ketones is 1. The van der Waals surface area contributed by atoms with Gasteiger partial charge in [0.05, 0.1) is 6.04 Å². The molecular formula is C7H9NO3. The van der Waals surface area contributed by atoms with Gasteiger partial charge in [0.1, 0.15) is 11.3 Å². The summed E-state index contributed by atoms with van der Waals surface area (Å²) in [5, 5.41) is 11.6. The monoisotopic (exact) mass is 155 g/mol. The van der Waals surface area contributed by atoms with Crippen molar-refractivity contribution in [1.29, 1.82) is 0 Å². The van der Waals surface area contributed by atoms with Crippen LogP contribution in [0.5, 0.6) is 0 Å². The van der Waals surface area contributed by atoms with Gasteiger partial charge in [0.25, 0.3) is 5.91 Å². The Labute approximate surface area is 63.9 Å². The van der Waals surface area contributed by atoms with Gasteiger partial charge in [0.2, 0.25) is 0 Å². The molecule has 4 nitrogen and oxygen atoms in total. The summed E-state index contributed by atoms with van der Waals surface area (Å²) >= 11 is 0. The lowest BCUT2D eigenvalue weighted by molar-refractivity contribution is -0.121. The average molecular weight is 155 g/mol. The first-order chi connectivity index (χ1) is 5.04. The molecule has 1 amide bonds. The van der Waals surface area contributed by atoms with Crippen molar-refractivity contribution in [2.75, 3.05) is 0 Å². The normalized spacial score (nSPS) is 23.8. The van der Waals surface area contributed by atoms with E-state index in [2.05, 4.69) is 5.32 Å². The predicted octanol–water partition coefficient (Wildman–Crippen LogP) is -0.0942. The minimum absolute atomic E-state index is 0.113. The van der Waals surface area contributed by atoms with E-state index in [1.54, 1.807) is 6.92 Å². The summed E-state index contributed by atoms with van der Waals surface area (Å²) in [5.41, 5.74) is -0.113. The van der Waals surface area contributed by atoms with E-state index in [4.69, 9.17) is 0 Å². The van der Waals surface area contributed by atoms with Crippen LogP contribution in [-0.2, 0) is 9.59 Å². The smallest absolute Gasteiger partial charge is 0.258 e. The van der Waals surface area contributed by atoms with Crippen LogP contribution >= 0.6 is 0 Å². The SMILES string of the molecule is CC(=O)C1=C(O)[C@@H](C)NC1=O. The largest absolute Gasteiger partial charge is 0.509 e. The van der Waals surface area contributed by atoms with Crippen molar-refractivity contribution in [3.05, 3.63) is 11.3 Å². The van der Waals surface area contributed by atoms with Gasteiger partial charge in [-0.15, -0.1) is 0 Å². The summed E-state index contributed by atoms with van der Waals surface area (Å²) in [6.07, 6.45) is 0. The summed E-state index contributed by atoms with van der Waals surface area (Å²) in [5.74, 6) is -1.03. The molecule has 1 heterocycles. The molecule has 0 aromatic carbocycles. The molecule has 0 aliphatic carbocycles. The van der Waals surface area contributed by atoms with Crippen LogP contribution in [0.3, 0.4) is 0 Å². The molecule has 1 rings (SSSR count). The van der Waals surface area contributed by atoms with E-state index in [-0.39, 0.29) is 11.3 Å². The maximum atomic E-state index is 10.9. The van der Waals surface area contributed by atoms with Crippen molar-refractivity contribution in [1.82, 2.24) is 5.32 Å². The van der Waals surface area contributed by atoms with Crippen molar-refractivity contribution < 1.29 is 14.7 Å². The first kappa shape index (κ1) is 7.78. The Balaban J connectivity index is 3.07. The second kappa shape index (κ2) is 2.38. The Morgan fingerprint density at radius 2 is 2.18 bits per heavy atom. The van der Waals surface area contributed by atoms with Crippen LogP contribution in [0.4, 0.5) is 0 Å². The number of nitrogens with one attached hydrogen (secondary N) is 1. The van der Waals surface area contributed by atoms with Crippen molar-refractivity contribution in [2.45, 2.75) is 19.9 Å². The fraction of sp³-hybridized carbons (Fsp3) is 0.429. The number of carbonyl (C=O) groups excluding carboxylic acids is 2. The summed E-state index contributed by atoms with van der Waals surface area (Å²) in [7, 11) is 0. The van der Waals surface area contributed by atoms with Crippen LogP contribution in [0.25, 0.3) is 0 Å². The number of Topliss-reactive ketones (excluding diaryl/α,β-unsaturated/α-hetero) is 1. The Morgan fingerprint density at radius 3 is 2.36 bits per heavy atom. The van der Waals surface area contributed by atoms with E-state index in [9.17, 15) is 14.7 Å². The van der Waals surface area contributed by atoms with Gasteiger partial charge in [-0.25, -0.2) is 0 Å². The number of aliphatic hydroxyl groups is 1. The Bertz CT molecular complexity index is 254. The van der Waals surface area contributed by atoms with Crippen molar-refractivity contribution in [3.8, 4) is 0 Å². The lowest BCUT2D eigenvalue weighted by Gasteiger charge is -1.99. The van der Waals surface area contributed by atoms with Crippen LogP contribution in [0.2, 0.25) is 0 Å². The van der Waals surface area contributed by atoms with Gasteiger partial charge in [0, 0.05) is 0 Å². The van der Waals surface area contributed by atoms with Gasteiger partial charge >= 0.3 is 0 Å². The minimum atomic E-state index is -0.484. The van der Waals surface area contributed by atoms with Gasteiger partial charge in [-0.1, -0.05) is 0 Å². The quantitative estimate of drug-likeness (QED) is 0.520. The standard InChI is InChI=1S/C7H9NO3/c1-3-6(10)5(4(2)9)7(11)8-3/h3,10H,1-2H3,(H,8,11)/t3-/m1/s1. The second-order valence-electron chi connectivity index (χ2n) is 2.51. The lowest BCUT2D eigenvalue weighted by atomic mass is 10.1. The molecule has 1 aliphatic rings. The predicted molar refractivity (Wildman–Crippen MR) is 37.9 cm³/mol. The van der Waals surface area contributed by atoms with Crippen LogP contribution in [0, 0.1) is 0 Å². The number of rotatable bonds is 1. The molecule has 0 fully saturated rings. The van der Waals surface area contributed by atoms with E-state index in [0.29, 0.717) is 0 Å². The molecule has 60 valence electrons.